The van der Waals surface area contributed by atoms with Crippen molar-refractivity contribution in [1.29, 1.82) is 0 Å². The second-order valence-electron chi connectivity index (χ2n) is 5.41. The molecule has 0 heterocycles. The van der Waals surface area contributed by atoms with E-state index in [1.165, 1.54) is 12.1 Å². The zero-order valence-corrected chi connectivity index (χ0v) is 13.7. The molecule has 2 N–H and O–H groups in total. The smallest absolute Gasteiger partial charge is 0.416 e. The molecule has 0 bridgehead atoms. The van der Waals surface area contributed by atoms with Crippen LogP contribution in [0.1, 0.15) is 16.7 Å². The molecular weight excluding hydrogens is 333 g/mol. The first kappa shape index (κ1) is 18.6. The first-order valence-electron chi connectivity index (χ1n) is 7.72. The zero-order chi connectivity index (χ0) is 18.3. The molecule has 0 spiro atoms. The lowest BCUT2D eigenvalue weighted by atomic mass is 10.1. The van der Waals surface area contributed by atoms with E-state index in [0.717, 1.165) is 23.3 Å². The lowest BCUT2D eigenvalue weighted by Crippen LogP contribution is -2.37. The molecule has 25 heavy (non-hydrogen) atoms. The summed E-state index contributed by atoms with van der Waals surface area (Å²) >= 11 is 0. The molecule has 2 amide bonds. The maximum Gasteiger partial charge on any atom is 0.416 e. The molecule has 4 nitrogen and oxygen atoms in total. The molecule has 2 rings (SSSR count). The van der Waals surface area contributed by atoms with E-state index in [1.807, 2.05) is 31.2 Å². The molecule has 2 aromatic carbocycles. The maximum atomic E-state index is 12.6. The zero-order valence-electron chi connectivity index (χ0n) is 13.7. The molecule has 0 aliphatic heterocycles. The number of nitrogens with one attached hydrogen (secondary N) is 2. The Morgan fingerprint density at radius 1 is 1.08 bits per heavy atom. The molecule has 2 aromatic rings. The summed E-state index contributed by atoms with van der Waals surface area (Å²) in [5.41, 5.74) is 1.32. The summed E-state index contributed by atoms with van der Waals surface area (Å²) < 4.78 is 43.0. The van der Waals surface area contributed by atoms with Gasteiger partial charge in [0.05, 0.1) is 12.1 Å². The number of urea groups is 1. The number of halogens is 3. The molecule has 0 aromatic heterocycles. The summed E-state index contributed by atoms with van der Waals surface area (Å²) in [4.78, 5) is 11.7. The standard InChI is InChI=1S/C18H19F3N2O2/c1-13-5-2-3-6-14(13)12-23-17(24)22-9-10-25-16-8-4-7-15(11-16)18(19,20)21/h2-8,11H,9-10,12H2,1H3,(H2,22,23,24). The van der Waals surface area contributed by atoms with Crippen LogP contribution in [-0.4, -0.2) is 19.2 Å². The first-order valence-corrected chi connectivity index (χ1v) is 7.72. The van der Waals surface area contributed by atoms with Crippen LogP contribution in [0.2, 0.25) is 0 Å². The minimum atomic E-state index is -4.41. The Hall–Kier alpha value is -2.70. The fourth-order valence-electron chi connectivity index (χ4n) is 2.14. The minimum Gasteiger partial charge on any atom is -0.492 e. The second kappa shape index (κ2) is 8.41. The Labute approximate surface area is 144 Å². The van der Waals surface area contributed by atoms with Crippen molar-refractivity contribution in [1.82, 2.24) is 10.6 Å². The summed E-state index contributed by atoms with van der Waals surface area (Å²) in [6, 6.07) is 11.9. The van der Waals surface area contributed by atoms with Crippen LogP contribution in [0.4, 0.5) is 18.0 Å². The molecule has 7 heteroatoms. The van der Waals surface area contributed by atoms with E-state index in [9.17, 15) is 18.0 Å². The Bertz CT molecular complexity index is 717. The van der Waals surface area contributed by atoms with Crippen molar-refractivity contribution in [3.05, 3.63) is 65.2 Å². The third-order valence-electron chi connectivity index (χ3n) is 3.52. The number of amides is 2. The number of ether oxygens (including phenoxy) is 1. The Morgan fingerprint density at radius 3 is 2.56 bits per heavy atom. The second-order valence-corrected chi connectivity index (χ2v) is 5.41. The van der Waals surface area contributed by atoms with Crippen molar-refractivity contribution in [3.8, 4) is 5.75 Å². The maximum absolute atomic E-state index is 12.6. The van der Waals surface area contributed by atoms with Crippen molar-refractivity contribution in [2.45, 2.75) is 19.6 Å². The predicted octanol–water partition coefficient (Wildman–Crippen LogP) is 3.89. The summed E-state index contributed by atoms with van der Waals surface area (Å²) in [7, 11) is 0. The molecule has 0 saturated carbocycles. The SMILES string of the molecule is Cc1ccccc1CNC(=O)NCCOc1cccc(C(F)(F)F)c1. The van der Waals surface area contributed by atoms with E-state index in [-0.39, 0.29) is 24.9 Å². The highest BCUT2D eigenvalue weighted by molar-refractivity contribution is 5.73. The molecule has 0 radical (unpaired) electrons. The van der Waals surface area contributed by atoms with E-state index < -0.39 is 11.7 Å². The average Bonchev–Trinajstić information content (AvgIpc) is 2.57. The fraction of sp³-hybridized carbons (Fsp3) is 0.278. The predicted molar refractivity (Wildman–Crippen MR) is 88.4 cm³/mol. The number of carbonyl (C=O) groups excluding carboxylic acids is 1. The van der Waals surface area contributed by atoms with Crippen molar-refractivity contribution in [2.24, 2.45) is 0 Å². The van der Waals surface area contributed by atoms with Crippen LogP contribution in [0.3, 0.4) is 0 Å². The van der Waals surface area contributed by atoms with Crippen LogP contribution in [0.5, 0.6) is 5.75 Å². The highest BCUT2D eigenvalue weighted by atomic mass is 19.4. The van der Waals surface area contributed by atoms with Crippen LogP contribution in [0, 0.1) is 6.92 Å². The number of hydrogen-bond acceptors (Lipinski definition) is 2. The first-order chi connectivity index (χ1) is 11.9. The summed E-state index contributed by atoms with van der Waals surface area (Å²) in [6.45, 7) is 2.60. The lowest BCUT2D eigenvalue weighted by molar-refractivity contribution is -0.137. The number of rotatable bonds is 6. The van der Waals surface area contributed by atoms with Gasteiger partial charge in [0.15, 0.2) is 0 Å². The summed E-state index contributed by atoms with van der Waals surface area (Å²) in [5, 5.41) is 5.30. The molecule has 134 valence electrons. The van der Waals surface area contributed by atoms with Gasteiger partial charge >= 0.3 is 12.2 Å². The van der Waals surface area contributed by atoms with Crippen molar-refractivity contribution < 1.29 is 22.7 Å². The van der Waals surface area contributed by atoms with E-state index in [2.05, 4.69) is 10.6 Å². The normalized spacial score (nSPS) is 11.0. The van der Waals surface area contributed by atoms with Gasteiger partial charge in [0.2, 0.25) is 0 Å². The molecule has 0 aliphatic rings. The Balaban J connectivity index is 1.71. The van der Waals surface area contributed by atoms with Crippen LogP contribution >= 0.6 is 0 Å². The molecular formula is C18H19F3N2O2. The van der Waals surface area contributed by atoms with Crippen molar-refractivity contribution in [3.63, 3.8) is 0 Å². The van der Waals surface area contributed by atoms with E-state index >= 15 is 0 Å². The Kier molecular flexibility index (Phi) is 6.27. The van der Waals surface area contributed by atoms with Gasteiger partial charge in [-0.3, -0.25) is 0 Å². The van der Waals surface area contributed by atoms with Crippen LogP contribution in [-0.2, 0) is 12.7 Å². The van der Waals surface area contributed by atoms with Gasteiger partial charge < -0.3 is 15.4 Å². The topological polar surface area (TPSA) is 50.4 Å². The monoisotopic (exact) mass is 352 g/mol. The van der Waals surface area contributed by atoms with Crippen molar-refractivity contribution >= 4 is 6.03 Å². The van der Waals surface area contributed by atoms with Crippen molar-refractivity contribution in [2.75, 3.05) is 13.2 Å². The van der Waals surface area contributed by atoms with Crippen LogP contribution in [0.25, 0.3) is 0 Å². The van der Waals surface area contributed by atoms with E-state index in [0.29, 0.717) is 6.54 Å². The van der Waals surface area contributed by atoms with Gasteiger partial charge in [0, 0.05) is 6.54 Å². The number of aryl methyl sites for hydroxylation is 1. The van der Waals surface area contributed by atoms with Gasteiger partial charge in [0.25, 0.3) is 0 Å². The van der Waals surface area contributed by atoms with E-state index in [1.54, 1.807) is 0 Å². The fourth-order valence-corrected chi connectivity index (χ4v) is 2.14. The molecule has 0 atom stereocenters. The van der Waals surface area contributed by atoms with Crippen LogP contribution in [0.15, 0.2) is 48.5 Å². The highest BCUT2D eigenvalue weighted by Gasteiger charge is 2.30. The van der Waals surface area contributed by atoms with Gasteiger partial charge in [-0.15, -0.1) is 0 Å². The van der Waals surface area contributed by atoms with Gasteiger partial charge in [-0.1, -0.05) is 30.3 Å². The number of benzene rings is 2. The Morgan fingerprint density at radius 2 is 1.84 bits per heavy atom. The van der Waals surface area contributed by atoms with Crippen LogP contribution < -0.4 is 15.4 Å². The third-order valence-corrected chi connectivity index (χ3v) is 3.52. The molecule has 0 aliphatic carbocycles. The number of hydrogen-bond donors (Lipinski definition) is 2. The lowest BCUT2D eigenvalue weighted by Gasteiger charge is -2.11. The largest absolute Gasteiger partial charge is 0.492 e. The molecule has 0 unspecified atom stereocenters. The summed E-state index contributed by atoms with van der Waals surface area (Å²) in [5.74, 6) is 0.108. The van der Waals surface area contributed by atoms with Gasteiger partial charge in [0.1, 0.15) is 12.4 Å². The van der Waals surface area contributed by atoms with Gasteiger partial charge in [-0.25, -0.2) is 4.79 Å². The quantitative estimate of drug-likeness (QED) is 0.775. The third kappa shape index (κ3) is 6.02. The van der Waals surface area contributed by atoms with Gasteiger partial charge in [-0.2, -0.15) is 13.2 Å². The summed E-state index contributed by atoms with van der Waals surface area (Å²) in [6.07, 6.45) is -4.41. The minimum absolute atomic E-state index is 0.0685. The number of carbonyl (C=O) groups is 1. The van der Waals surface area contributed by atoms with Gasteiger partial charge in [-0.05, 0) is 36.2 Å². The average molecular weight is 352 g/mol. The highest BCUT2D eigenvalue weighted by Crippen LogP contribution is 2.31. The van der Waals surface area contributed by atoms with E-state index in [4.69, 9.17) is 4.74 Å². The molecule has 0 fully saturated rings. The number of alkyl halides is 3. The molecule has 0 saturated heterocycles.